The molecule has 0 radical (unpaired) electrons. The number of nitrogens with zero attached hydrogens (tertiary/aromatic N) is 1. The highest BCUT2D eigenvalue weighted by Crippen LogP contribution is 2.35. The molecule has 0 aromatic rings. The number of hydrogen-bond donors (Lipinski definition) is 3. The van der Waals surface area contributed by atoms with Crippen LogP contribution in [0.4, 0.5) is 18.0 Å². The van der Waals surface area contributed by atoms with Crippen molar-refractivity contribution in [1.29, 1.82) is 0 Å². The third kappa shape index (κ3) is 3.63. The van der Waals surface area contributed by atoms with Crippen LogP contribution < -0.4 is 16.6 Å². The lowest BCUT2D eigenvalue weighted by molar-refractivity contribution is -0.191. The number of alkyl halides is 3. The summed E-state index contributed by atoms with van der Waals surface area (Å²) in [6, 6.07) is -1.06. The molecule has 0 spiro atoms. The summed E-state index contributed by atoms with van der Waals surface area (Å²) in [7, 11) is 0. The van der Waals surface area contributed by atoms with Gasteiger partial charge in [-0.25, -0.2) is 10.6 Å². The molecule has 0 aromatic heterocycles. The topological polar surface area (TPSA) is 105 Å². The molecular weight excluding hydrogens is 293 g/mol. The van der Waals surface area contributed by atoms with Gasteiger partial charge in [-0.3, -0.25) is 19.9 Å². The number of amides is 4. The highest BCUT2D eigenvalue weighted by Gasteiger charge is 2.64. The van der Waals surface area contributed by atoms with Gasteiger partial charge in [-0.05, 0) is 19.8 Å². The van der Waals surface area contributed by atoms with E-state index in [2.05, 4.69) is 0 Å². The lowest BCUT2D eigenvalue weighted by Crippen LogP contribution is -2.56. The molecule has 4 N–H and O–H groups in total. The van der Waals surface area contributed by atoms with E-state index >= 15 is 0 Å². The van der Waals surface area contributed by atoms with Crippen LogP contribution in [0.1, 0.15) is 32.6 Å². The monoisotopic (exact) mass is 310 g/mol. The van der Waals surface area contributed by atoms with Gasteiger partial charge in [-0.2, -0.15) is 13.2 Å². The van der Waals surface area contributed by atoms with Gasteiger partial charge in [0.25, 0.3) is 5.91 Å². The number of hydrazine groups is 1. The minimum absolute atomic E-state index is 0.124. The van der Waals surface area contributed by atoms with Gasteiger partial charge >= 0.3 is 12.2 Å². The Kier molecular flexibility index (Phi) is 5.15. The Morgan fingerprint density at radius 3 is 2.43 bits per heavy atom. The van der Waals surface area contributed by atoms with E-state index in [-0.39, 0.29) is 18.9 Å². The second kappa shape index (κ2) is 6.29. The molecule has 1 aliphatic rings. The Labute approximate surface area is 119 Å². The van der Waals surface area contributed by atoms with Crippen LogP contribution in [0.25, 0.3) is 0 Å². The quantitative estimate of drug-likeness (QED) is 0.217. The van der Waals surface area contributed by atoms with Crippen LogP contribution in [0.2, 0.25) is 0 Å². The van der Waals surface area contributed by atoms with Gasteiger partial charge < -0.3 is 5.32 Å². The molecule has 1 rings (SSSR count). The first-order valence-corrected chi connectivity index (χ1v) is 6.33. The molecule has 0 bridgehead atoms. The number of hydrogen-bond acceptors (Lipinski definition) is 4. The van der Waals surface area contributed by atoms with Crippen molar-refractivity contribution in [1.82, 2.24) is 15.6 Å². The van der Waals surface area contributed by atoms with Crippen LogP contribution >= 0.6 is 0 Å². The largest absolute Gasteiger partial charge is 0.420 e. The molecule has 1 heterocycles. The van der Waals surface area contributed by atoms with Crippen molar-refractivity contribution < 1.29 is 27.6 Å². The number of nitrogens with two attached hydrogens (primary N) is 1. The summed E-state index contributed by atoms with van der Waals surface area (Å²) in [5, 5.41) is 1.67. The van der Waals surface area contributed by atoms with Gasteiger partial charge in [0.15, 0.2) is 0 Å². The van der Waals surface area contributed by atoms with E-state index in [1.807, 2.05) is 5.43 Å². The van der Waals surface area contributed by atoms with Gasteiger partial charge in [0.05, 0.1) is 0 Å². The smallest absolute Gasteiger partial charge is 0.316 e. The van der Waals surface area contributed by atoms with Gasteiger partial charge in [-0.15, -0.1) is 0 Å². The van der Waals surface area contributed by atoms with Crippen LogP contribution in [0, 0.1) is 0 Å². The van der Waals surface area contributed by atoms with E-state index in [4.69, 9.17) is 5.84 Å². The number of nitrogens with one attached hydrogen (secondary N) is 2. The molecule has 4 amide bonds. The normalized spacial score (nSPS) is 22.4. The maximum Gasteiger partial charge on any atom is 0.420 e. The molecule has 1 atom stereocenters. The molecule has 1 aliphatic heterocycles. The molecule has 1 fully saturated rings. The molecule has 10 heteroatoms. The highest BCUT2D eigenvalue weighted by atomic mass is 19.4. The van der Waals surface area contributed by atoms with Crippen LogP contribution in [-0.2, 0) is 9.59 Å². The first-order valence-electron chi connectivity index (χ1n) is 6.33. The van der Waals surface area contributed by atoms with E-state index in [0.717, 1.165) is 0 Å². The Morgan fingerprint density at radius 2 is 1.95 bits per heavy atom. The molecular formula is C11H17F3N4O3. The first-order chi connectivity index (χ1) is 9.63. The minimum Gasteiger partial charge on any atom is -0.316 e. The predicted molar refractivity (Wildman–Crippen MR) is 65.5 cm³/mol. The summed E-state index contributed by atoms with van der Waals surface area (Å²) in [5.41, 5.74) is -0.926. The molecule has 120 valence electrons. The molecule has 0 aromatic carbocycles. The van der Waals surface area contributed by atoms with E-state index in [9.17, 15) is 27.6 Å². The lowest BCUT2D eigenvalue weighted by atomic mass is 10.0. The third-order valence-electron chi connectivity index (χ3n) is 3.29. The molecule has 21 heavy (non-hydrogen) atoms. The number of rotatable bonds is 6. The van der Waals surface area contributed by atoms with E-state index < -0.39 is 23.7 Å². The number of carbonyl (C=O) groups is 3. The van der Waals surface area contributed by atoms with Gasteiger partial charge in [0, 0.05) is 13.0 Å². The zero-order valence-electron chi connectivity index (χ0n) is 11.4. The van der Waals surface area contributed by atoms with Crippen molar-refractivity contribution in [2.24, 2.45) is 5.84 Å². The SMILES string of the molecule is CC1(C(F)(F)F)NC(=O)N(CCCCCC(=O)NN)C1=O. The Morgan fingerprint density at radius 1 is 1.33 bits per heavy atom. The standard InChI is InChI=1S/C11H17F3N4O3/c1-10(11(12,13)14)8(20)18(9(21)16-10)6-4-2-3-5-7(19)17-15/h2-6,15H2,1H3,(H,16,21)(H,17,19). The highest BCUT2D eigenvalue weighted by molar-refractivity contribution is 6.07. The van der Waals surface area contributed by atoms with Crippen LogP contribution in [0.15, 0.2) is 0 Å². The van der Waals surface area contributed by atoms with E-state index in [1.165, 1.54) is 0 Å². The maximum atomic E-state index is 12.8. The fourth-order valence-electron chi connectivity index (χ4n) is 1.90. The fraction of sp³-hybridized carbons (Fsp3) is 0.727. The lowest BCUT2D eigenvalue weighted by Gasteiger charge is -2.24. The van der Waals surface area contributed by atoms with Gasteiger partial charge in [0.1, 0.15) is 0 Å². The molecule has 1 unspecified atom stereocenters. The van der Waals surface area contributed by atoms with Crippen LogP contribution in [0.3, 0.4) is 0 Å². The zero-order valence-corrected chi connectivity index (χ0v) is 11.4. The number of imide groups is 1. The Hall–Kier alpha value is -1.84. The molecule has 1 saturated heterocycles. The third-order valence-corrected chi connectivity index (χ3v) is 3.29. The molecule has 0 saturated carbocycles. The van der Waals surface area contributed by atoms with Gasteiger partial charge in [0.2, 0.25) is 11.4 Å². The second-order valence-corrected chi connectivity index (χ2v) is 4.89. The summed E-state index contributed by atoms with van der Waals surface area (Å²) >= 11 is 0. The second-order valence-electron chi connectivity index (χ2n) is 4.89. The summed E-state index contributed by atoms with van der Waals surface area (Å²) in [6.45, 7) is 0.513. The summed E-state index contributed by atoms with van der Waals surface area (Å²) in [5.74, 6) is 3.22. The number of halogens is 3. The van der Waals surface area contributed by atoms with Crippen molar-refractivity contribution in [3.63, 3.8) is 0 Å². The van der Waals surface area contributed by atoms with Crippen molar-refractivity contribution in [3.05, 3.63) is 0 Å². The maximum absolute atomic E-state index is 12.8. The molecule has 7 nitrogen and oxygen atoms in total. The average Bonchev–Trinajstić information content (AvgIpc) is 2.61. The van der Waals surface area contributed by atoms with Crippen molar-refractivity contribution in [2.45, 2.75) is 44.3 Å². The minimum atomic E-state index is -4.85. The summed E-state index contributed by atoms with van der Waals surface area (Å²) in [4.78, 5) is 34.6. The number of unbranched alkanes of at least 4 members (excludes halogenated alkanes) is 2. The number of carbonyl (C=O) groups excluding carboxylic acids is 3. The van der Waals surface area contributed by atoms with Crippen LogP contribution in [-0.4, -0.2) is 41.0 Å². The van der Waals surface area contributed by atoms with Crippen molar-refractivity contribution in [2.75, 3.05) is 6.54 Å². The summed E-state index contributed by atoms with van der Waals surface area (Å²) < 4.78 is 38.4. The predicted octanol–water partition coefficient (Wildman–Crippen LogP) is 0.410. The zero-order chi connectivity index (χ0) is 16.3. The Balaban J connectivity index is 2.48. The Bertz CT molecular complexity index is 441. The van der Waals surface area contributed by atoms with Crippen LogP contribution in [0.5, 0.6) is 0 Å². The van der Waals surface area contributed by atoms with Crippen molar-refractivity contribution in [3.8, 4) is 0 Å². The summed E-state index contributed by atoms with van der Waals surface area (Å²) in [6.07, 6.45) is -3.42. The number of urea groups is 1. The van der Waals surface area contributed by atoms with Crippen molar-refractivity contribution >= 4 is 17.8 Å². The van der Waals surface area contributed by atoms with Gasteiger partial charge in [-0.1, -0.05) is 6.42 Å². The fourth-order valence-corrected chi connectivity index (χ4v) is 1.90. The average molecular weight is 310 g/mol. The van der Waals surface area contributed by atoms with E-state index in [0.29, 0.717) is 31.1 Å². The molecule has 0 aliphatic carbocycles. The first kappa shape index (κ1) is 17.2. The van der Waals surface area contributed by atoms with E-state index in [1.54, 1.807) is 5.32 Å².